The molecule has 0 spiro atoms. The van der Waals surface area contributed by atoms with E-state index in [4.69, 9.17) is 34.8 Å². The summed E-state index contributed by atoms with van der Waals surface area (Å²) in [5, 5.41) is 20.4. The van der Waals surface area contributed by atoms with E-state index in [2.05, 4.69) is 26.2 Å². The van der Waals surface area contributed by atoms with Crippen molar-refractivity contribution in [2.24, 2.45) is 0 Å². The summed E-state index contributed by atoms with van der Waals surface area (Å²) in [6, 6.07) is 17.6. The van der Waals surface area contributed by atoms with Crippen LogP contribution in [-0.2, 0) is 44.5 Å². The van der Waals surface area contributed by atoms with Gasteiger partial charge in [-0.1, -0.05) is 12.1 Å². The Hall–Kier alpha value is -7.37. The Balaban J connectivity index is 0.693. The smallest absolute Gasteiger partial charge is 0.264 e. The maximum Gasteiger partial charge on any atom is 0.264 e. The molecule has 3 fully saturated rings. The molecular formula is C54H63F2N9O11. The number of piperazine rings is 1. The summed E-state index contributed by atoms with van der Waals surface area (Å²) in [6.07, 6.45) is 2.05. The predicted octanol–water partition coefficient (Wildman–Crippen LogP) is 4.10. The number of piperidine rings is 1. The Morgan fingerprint density at radius 2 is 1.42 bits per heavy atom. The lowest BCUT2D eigenvalue weighted by Gasteiger charge is -2.36. The van der Waals surface area contributed by atoms with Crippen LogP contribution in [0.2, 0.25) is 0 Å². The molecule has 76 heavy (non-hydrogen) atoms. The van der Waals surface area contributed by atoms with Crippen molar-refractivity contribution < 1.29 is 61.2 Å². The molecule has 1 unspecified atom stereocenters. The Morgan fingerprint density at radius 3 is 2.12 bits per heavy atom. The van der Waals surface area contributed by atoms with Crippen LogP contribution in [0.3, 0.4) is 0 Å². The number of amides is 6. The van der Waals surface area contributed by atoms with E-state index in [-0.39, 0.29) is 72.5 Å². The SMILES string of the molecule is N=C(NC(=O)c1ccc(N2CCN(C(=O)CCOCCOCCOCCOCCNc3cccc4c3C(=O)N(C3CCC(=O)NC3=O)C4=O)CC2)cc1NC1CCOCC1)c1cc(Cc2cc(F)cc(F)c2)ccc1N. The standard InChI is InChI=1S/C54H63F2N9O11/c55-36-29-35(30-37(56)32-36)28-34-4-7-43(57)42(31-34)50(58)62-51(68)40-6-5-39(33-45(40)60-38-10-18-72-19-11-38)63-14-16-64(17-15-63)48(67)12-20-73-22-24-75-26-27-76-25-23-74-21-13-59-44-3-1-2-41-49(44)54(71)65(53(41)70)46-8-9-47(66)61-52(46)69/h1-7,29-33,38,46,59-60H,8-28,57H2,(H2,58,62,68)(H,61,66,69). The van der Waals surface area contributed by atoms with Gasteiger partial charge in [0, 0.05) is 92.8 Å². The Morgan fingerprint density at radius 1 is 0.737 bits per heavy atom. The fourth-order valence-corrected chi connectivity index (χ4v) is 9.45. The van der Waals surface area contributed by atoms with E-state index in [1.54, 1.807) is 36.4 Å². The second-order valence-electron chi connectivity index (χ2n) is 18.6. The van der Waals surface area contributed by atoms with Gasteiger partial charge in [-0.15, -0.1) is 0 Å². The van der Waals surface area contributed by atoms with Crippen LogP contribution >= 0.6 is 0 Å². The number of hydrogen-bond acceptors (Lipinski definition) is 16. The van der Waals surface area contributed by atoms with Gasteiger partial charge >= 0.3 is 0 Å². The normalized spacial score (nSPS) is 16.9. The molecule has 4 heterocycles. The summed E-state index contributed by atoms with van der Waals surface area (Å²) in [5.41, 5.74) is 10.5. The third kappa shape index (κ3) is 14.3. The van der Waals surface area contributed by atoms with Gasteiger partial charge in [0.2, 0.25) is 17.7 Å². The number of carbonyl (C=O) groups excluding carboxylic acids is 6. The van der Waals surface area contributed by atoms with Crippen molar-refractivity contribution in [2.75, 3.05) is 120 Å². The van der Waals surface area contributed by atoms with E-state index in [0.717, 1.165) is 29.5 Å². The lowest BCUT2D eigenvalue weighted by atomic mass is 10.0. The number of nitrogens with one attached hydrogen (secondary N) is 5. The lowest BCUT2D eigenvalue weighted by Crippen LogP contribution is -2.54. The van der Waals surface area contributed by atoms with E-state index in [0.29, 0.717) is 120 Å². The zero-order valence-corrected chi connectivity index (χ0v) is 42.1. The number of imide groups is 2. The molecule has 8 rings (SSSR count). The zero-order valence-electron chi connectivity index (χ0n) is 42.1. The van der Waals surface area contributed by atoms with Crippen LogP contribution in [0.5, 0.6) is 0 Å². The molecule has 20 nitrogen and oxygen atoms in total. The van der Waals surface area contributed by atoms with Crippen LogP contribution in [0, 0.1) is 17.0 Å². The molecule has 404 valence electrons. The summed E-state index contributed by atoms with van der Waals surface area (Å²) in [4.78, 5) is 82.2. The molecule has 4 aliphatic rings. The highest BCUT2D eigenvalue weighted by Crippen LogP contribution is 2.33. The quantitative estimate of drug-likeness (QED) is 0.0190. The first kappa shape index (κ1) is 54.9. The summed E-state index contributed by atoms with van der Waals surface area (Å²) >= 11 is 0. The molecular weight excluding hydrogens is 989 g/mol. The molecule has 4 aromatic rings. The van der Waals surface area contributed by atoms with Crippen molar-refractivity contribution in [3.8, 4) is 0 Å². The molecule has 4 aliphatic heterocycles. The topological polar surface area (TPSA) is 256 Å². The van der Waals surface area contributed by atoms with Crippen molar-refractivity contribution in [2.45, 2.75) is 50.6 Å². The number of rotatable bonds is 24. The number of fused-ring (bicyclic) bond motifs is 1. The second kappa shape index (κ2) is 26.4. The van der Waals surface area contributed by atoms with Gasteiger partial charge in [0.25, 0.3) is 17.7 Å². The summed E-state index contributed by atoms with van der Waals surface area (Å²) in [7, 11) is 0. The van der Waals surface area contributed by atoms with Crippen LogP contribution in [0.4, 0.5) is 31.5 Å². The highest BCUT2D eigenvalue weighted by atomic mass is 19.1. The fraction of sp³-hybridized carbons (Fsp3) is 0.426. The minimum Gasteiger partial charge on any atom is -0.398 e. The molecule has 7 N–H and O–H groups in total. The zero-order chi connectivity index (χ0) is 53.6. The van der Waals surface area contributed by atoms with Crippen LogP contribution < -0.4 is 31.9 Å². The second-order valence-corrected chi connectivity index (χ2v) is 18.6. The highest BCUT2D eigenvalue weighted by Gasteiger charge is 2.45. The van der Waals surface area contributed by atoms with E-state index >= 15 is 0 Å². The number of amidine groups is 1. The number of anilines is 4. The fourth-order valence-electron chi connectivity index (χ4n) is 9.45. The van der Waals surface area contributed by atoms with Crippen molar-refractivity contribution >= 4 is 64.0 Å². The van der Waals surface area contributed by atoms with Gasteiger partial charge in [-0.2, -0.15) is 0 Å². The van der Waals surface area contributed by atoms with Crippen molar-refractivity contribution in [1.82, 2.24) is 20.4 Å². The van der Waals surface area contributed by atoms with Crippen LogP contribution in [0.1, 0.15) is 79.9 Å². The maximum absolute atomic E-state index is 13.9. The Labute approximate surface area is 438 Å². The molecule has 1 atom stereocenters. The number of carbonyl (C=O) groups is 6. The third-order valence-electron chi connectivity index (χ3n) is 13.4. The first-order valence-corrected chi connectivity index (χ1v) is 25.5. The average molecular weight is 1050 g/mol. The number of ether oxygens (including phenoxy) is 5. The van der Waals surface area contributed by atoms with Crippen molar-refractivity contribution in [3.05, 3.63) is 118 Å². The summed E-state index contributed by atoms with van der Waals surface area (Å²) in [5.74, 6) is -4.37. The maximum atomic E-state index is 13.9. The summed E-state index contributed by atoms with van der Waals surface area (Å²) < 4.78 is 55.8. The molecule has 3 saturated heterocycles. The molecule has 0 aliphatic carbocycles. The van der Waals surface area contributed by atoms with Gasteiger partial charge in [0.15, 0.2) is 0 Å². The van der Waals surface area contributed by atoms with Crippen LogP contribution in [0.15, 0.2) is 72.8 Å². The van der Waals surface area contributed by atoms with Crippen LogP contribution in [0.25, 0.3) is 0 Å². The van der Waals surface area contributed by atoms with E-state index in [9.17, 15) is 37.5 Å². The van der Waals surface area contributed by atoms with Gasteiger partial charge < -0.3 is 55.2 Å². The predicted molar refractivity (Wildman–Crippen MR) is 277 cm³/mol. The van der Waals surface area contributed by atoms with E-state index < -0.39 is 47.2 Å². The molecule has 22 heteroatoms. The number of nitrogen functional groups attached to an aromatic ring is 1. The first-order chi connectivity index (χ1) is 36.8. The van der Waals surface area contributed by atoms with Gasteiger partial charge in [-0.25, -0.2) is 8.78 Å². The third-order valence-corrected chi connectivity index (χ3v) is 13.4. The molecule has 0 bridgehead atoms. The number of nitrogens with zero attached hydrogens (tertiary/aromatic N) is 3. The Bertz CT molecular complexity index is 2770. The van der Waals surface area contributed by atoms with Crippen molar-refractivity contribution in [1.29, 1.82) is 5.41 Å². The van der Waals surface area contributed by atoms with E-state index in [1.165, 1.54) is 18.2 Å². The number of hydrogen-bond donors (Lipinski definition) is 6. The van der Waals surface area contributed by atoms with Gasteiger partial charge in [0.1, 0.15) is 23.5 Å². The largest absolute Gasteiger partial charge is 0.398 e. The summed E-state index contributed by atoms with van der Waals surface area (Å²) in [6.45, 7) is 6.26. The van der Waals surface area contributed by atoms with Gasteiger partial charge in [0.05, 0.1) is 76.0 Å². The van der Waals surface area contributed by atoms with Gasteiger partial charge in [-0.3, -0.25) is 44.4 Å². The Kier molecular flexibility index (Phi) is 19.1. The van der Waals surface area contributed by atoms with Crippen LogP contribution in [-0.4, -0.2) is 162 Å². The highest BCUT2D eigenvalue weighted by molar-refractivity contribution is 6.25. The first-order valence-electron chi connectivity index (χ1n) is 25.5. The monoisotopic (exact) mass is 1050 g/mol. The van der Waals surface area contributed by atoms with Gasteiger partial charge in [-0.05, 0) is 91.4 Å². The number of benzene rings is 4. The van der Waals surface area contributed by atoms with E-state index in [1.807, 2.05) is 17.0 Å². The minimum absolute atomic E-state index is 0.00845. The number of halogens is 2. The number of nitrogens with two attached hydrogens (primary N) is 1. The lowest BCUT2D eigenvalue weighted by molar-refractivity contribution is -0.136. The average Bonchev–Trinajstić information content (AvgIpc) is 3.68. The molecule has 0 radical (unpaired) electrons. The molecule has 4 aromatic carbocycles. The molecule has 6 amide bonds. The molecule has 0 aromatic heterocycles. The van der Waals surface area contributed by atoms with Crippen molar-refractivity contribution in [3.63, 3.8) is 0 Å². The molecule has 0 saturated carbocycles. The minimum atomic E-state index is -1.04.